The molecule has 0 radical (unpaired) electrons. The van der Waals surface area contributed by atoms with Crippen molar-refractivity contribution in [3.63, 3.8) is 0 Å². The number of hydrogen-bond donors (Lipinski definition) is 2. The van der Waals surface area contributed by atoms with Gasteiger partial charge in [-0.3, -0.25) is 0 Å². The van der Waals surface area contributed by atoms with E-state index in [9.17, 15) is 8.42 Å². The maximum atomic E-state index is 12.2. The molecule has 0 aliphatic heterocycles. The van der Waals surface area contributed by atoms with Crippen LogP contribution in [0.2, 0.25) is 0 Å². The molecule has 18 heavy (non-hydrogen) atoms. The minimum absolute atomic E-state index is 0.00436. The second kappa shape index (κ2) is 6.74. The van der Waals surface area contributed by atoms with Gasteiger partial charge in [0.2, 0.25) is 10.0 Å². The van der Waals surface area contributed by atoms with Crippen LogP contribution in [0.15, 0.2) is 21.6 Å². The van der Waals surface area contributed by atoms with Crippen LogP contribution in [-0.2, 0) is 10.0 Å². The van der Waals surface area contributed by atoms with Crippen LogP contribution in [-0.4, -0.2) is 31.5 Å². The average molecular weight is 354 g/mol. The summed E-state index contributed by atoms with van der Waals surface area (Å²) < 4.78 is 27.6. The molecule has 0 aliphatic rings. The van der Waals surface area contributed by atoms with E-state index in [4.69, 9.17) is 5.73 Å². The molecule has 5 nitrogen and oxygen atoms in total. The number of anilines is 1. The van der Waals surface area contributed by atoms with Gasteiger partial charge in [-0.05, 0) is 34.7 Å². The molecule has 0 fully saturated rings. The van der Waals surface area contributed by atoms with Crippen LogP contribution in [0.3, 0.4) is 0 Å². The predicted octanol–water partition coefficient (Wildman–Crippen LogP) is 1.85. The molecule has 1 aromatic rings. The quantitative estimate of drug-likeness (QED) is 0.814. The van der Waals surface area contributed by atoms with Crippen LogP contribution in [0.25, 0.3) is 0 Å². The number of nitrogen functional groups attached to an aromatic ring is 1. The highest BCUT2D eigenvalue weighted by Gasteiger charge is 2.22. The third-order valence-corrected chi connectivity index (χ3v) is 5.04. The summed E-state index contributed by atoms with van der Waals surface area (Å²) in [6.45, 7) is 1.94. The molecule has 102 valence electrons. The number of nitrogens with zero attached hydrogens (tertiary/aromatic N) is 1. The zero-order valence-corrected chi connectivity index (χ0v) is 13.4. The first-order valence-corrected chi connectivity index (χ1v) is 9.00. The molecule has 0 aliphatic carbocycles. The number of nitrogens with two attached hydrogens (primary N) is 1. The normalized spacial score (nSPS) is 13.5. The predicted molar refractivity (Wildman–Crippen MR) is 79.1 cm³/mol. The number of aromatic nitrogens is 1. The number of rotatable bonds is 6. The van der Waals surface area contributed by atoms with Gasteiger partial charge in [0.15, 0.2) is 0 Å². The number of nitrogens with one attached hydrogen (secondary N) is 1. The molecule has 1 atom stereocenters. The summed E-state index contributed by atoms with van der Waals surface area (Å²) in [6, 6.07) is 1.35. The van der Waals surface area contributed by atoms with Crippen molar-refractivity contribution in [3.05, 3.63) is 16.7 Å². The van der Waals surface area contributed by atoms with Crippen LogP contribution < -0.4 is 10.5 Å². The molecular formula is C10H16BrN3O2S2. The number of halogens is 1. The first kappa shape index (κ1) is 15.7. The van der Waals surface area contributed by atoms with Crippen molar-refractivity contribution in [3.8, 4) is 0 Å². The topological polar surface area (TPSA) is 85.1 Å². The molecule has 1 rings (SSSR count). The van der Waals surface area contributed by atoms with E-state index in [1.54, 1.807) is 11.8 Å². The van der Waals surface area contributed by atoms with Crippen molar-refractivity contribution >= 4 is 43.5 Å². The average Bonchev–Trinajstić information content (AvgIpc) is 2.31. The Bertz CT molecular complexity index is 508. The second-order valence-corrected chi connectivity index (χ2v) is 7.23. The van der Waals surface area contributed by atoms with E-state index in [-0.39, 0.29) is 16.8 Å². The summed E-state index contributed by atoms with van der Waals surface area (Å²) in [5, 5.41) is 0. The van der Waals surface area contributed by atoms with E-state index >= 15 is 0 Å². The molecule has 0 bridgehead atoms. The van der Waals surface area contributed by atoms with Gasteiger partial charge in [0.1, 0.15) is 10.7 Å². The van der Waals surface area contributed by atoms with Gasteiger partial charge in [-0.25, -0.2) is 18.1 Å². The minimum atomic E-state index is -3.63. The monoisotopic (exact) mass is 353 g/mol. The lowest BCUT2D eigenvalue weighted by molar-refractivity contribution is 0.558. The first-order valence-electron chi connectivity index (χ1n) is 5.33. The van der Waals surface area contributed by atoms with E-state index in [1.807, 2.05) is 13.2 Å². The van der Waals surface area contributed by atoms with Gasteiger partial charge in [0, 0.05) is 22.5 Å². The summed E-state index contributed by atoms with van der Waals surface area (Å²) in [5.41, 5.74) is 5.61. The Kier molecular flexibility index (Phi) is 5.90. The van der Waals surface area contributed by atoms with Gasteiger partial charge in [0.25, 0.3) is 0 Å². The van der Waals surface area contributed by atoms with Gasteiger partial charge in [-0.2, -0.15) is 11.8 Å². The van der Waals surface area contributed by atoms with Crippen LogP contribution in [0.5, 0.6) is 0 Å². The SMILES string of the molecule is CCC(CSC)NS(=O)(=O)c1cc(Br)cnc1N. The lowest BCUT2D eigenvalue weighted by Crippen LogP contribution is -2.36. The van der Waals surface area contributed by atoms with Crippen molar-refractivity contribution in [2.45, 2.75) is 24.3 Å². The Morgan fingerprint density at radius 2 is 2.28 bits per heavy atom. The van der Waals surface area contributed by atoms with E-state index in [0.29, 0.717) is 4.47 Å². The van der Waals surface area contributed by atoms with Crippen LogP contribution >= 0.6 is 27.7 Å². The van der Waals surface area contributed by atoms with Crippen molar-refractivity contribution in [1.82, 2.24) is 9.71 Å². The van der Waals surface area contributed by atoms with Gasteiger partial charge >= 0.3 is 0 Å². The standard InChI is InChI=1S/C10H16BrN3O2S2/c1-3-8(6-17-2)14-18(15,16)9-4-7(11)5-13-10(9)12/h4-5,8,14H,3,6H2,1-2H3,(H2,12,13). The van der Waals surface area contributed by atoms with Gasteiger partial charge in [-0.1, -0.05) is 6.92 Å². The number of sulfonamides is 1. The Labute approximate surface area is 120 Å². The van der Waals surface area contributed by atoms with Crippen LogP contribution in [0, 0.1) is 0 Å². The molecule has 0 aromatic carbocycles. The molecule has 0 saturated heterocycles. The summed E-state index contributed by atoms with van der Waals surface area (Å²) in [4.78, 5) is 3.84. The van der Waals surface area contributed by atoms with Crippen LogP contribution in [0.4, 0.5) is 5.82 Å². The lowest BCUT2D eigenvalue weighted by Gasteiger charge is -2.16. The Morgan fingerprint density at radius 1 is 1.61 bits per heavy atom. The molecule has 8 heteroatoms. The van der Waals surface area contributed by atoms with Crippen LogP contribution in [0.1, 0.15) is 13.3 Å². The third-order valence-electron chi connectivity index (χ3n) is 2.32. The molecule has 1 unspecified atom stereocenters. The van der Waals surface area contributed by atoms with Gasteiger partial charge in [-0.15, -0.1) is 0 Å². The molecule has 1 aromatic heterocycles. The highest BCUT2D eigenvalue weighted by molar-refractivity contribution is 9.10. The van der Waals surface area contributed by atoms with E-state index in [2.05, 4.69) is 25.6 Å². The second-order valence-electron chi connectivity index (χ2n) is 3.72. The highest BCUT2D eigenvalue weighted by atomic mass is 79.9. The maximum Gasteiger partial charge on any atom is 0.244 e. The number of pyridine rings is 1. The van der Waals surface area contributed by atoms with Crippen molar-refractivity contribution in [2.75, 3.05) is 17.7 Å². The zero-order valence-electron chi connectivity index (χ0n) is 10.2. The molecule has 3 N–H and O–H groups in total. The summed E-state index contributed by atoms with van der Waals surface area (Å²) >= 11 is 4.78. The lowest BCUT2D eigenvalue weighted by atomic mass is 10.3. The fourth-order valence-electron chi connectivity index (χ4n) is 1.37. The Balaban J connectivity index is 3.02. The highest BCUT2D eigenvalue weighted by Crippen LogP contribution is 2.21. The van der Waals surface area contributed by atoms with E-state index < -0.39 is 10.0 Å². The summed E-state index contributed by atoms with van der Waals surface area (Å²) in [6.07, 6.45) is 4.13. The fourth-order valence-corrected chi connectivity index (χ4v) is 4.10. The Hall–Kier alpha value is -0.310. The molecule has 0 saturated carbocycles. The largest absolute Gasteiger partial charge is 0.383 e. The third kappa shape index (κ3) is 4.11. The first-order chi connectivity index (χ1) is 8.40. The van der Waals surface area contributed by atoms with Gasteiger partial charge in [0.05, 0.1) is 0 Å². The summed E-state index contributed by atoms with van der Waals surface area (Å²) in [5.74, 6) is 0.724. The van der Waals surface area contributed by atoms with Crippen molar-refractivity contribution in [1.29, 1.82) is 0 Å². The molecular weight excluding hydrogens is 338 g/mol. The number of thioether (sulfide) groups is 1. The fraction of sp³-hybridized carbons (Fsp3) is 0.500. The summed E-state index contributed by atoms with van der Waals surface area (Å²) in [7, 11) is -3.63. The minimum Gasteiger partial charge on any atom is -0.383 e. The molecule has 1 heterocycles. The van der Waals surface area contributed by atoms with Gasteiger partial charge < -0.3 is 5.73 Å². The number of hydrogen-bond acceptors (Lipinski definition) is 5. The Morgan fingerprint density at radius 3 is 2.83 bits per heavy atom. The van der Waals surface area contributed by atoms with Crippen molar-refractivity contribution < 1.29 is 8.42 Å². The molecule has 0 spiro atoms. The van der Waals surface area contributed by atoms with E-state index in [0.717, 1.165) is 12.2 Å². The smallest absolute Gasteiger partial charge is 0.244 e. The van der Waals surface area contributed by atoms with E-state index in [1.165, 1.54) is 12.3 Å². The van der Waals surface area contributed by atoms with Crippen molar-refractivity contribution in [2.24, 2.45) is 0 Å². The zero-order chi connectivity index (χ0) is 13.8. The molecule has 0 amide bonds. The maximum absolute atomic E-state index is 12.2.